The number of rotatable bonds is 1. The largest absolute Gasteiger partial charge is 0.478 e. The van der Waals surface area contributed by atoms with Crippen molar-refractivity contribution in [1.82, 2.24) is 9.97 Å². The van der Waals surface area contributed by atoms with Crippen molar-refractivity contribution in [1.29, 1.82) is 5.26 Å². The second kappa shape index (κ2) is 2.85. The average Bonchev–Trinajstić information content (AvgIpc) is 2.63. The van der Waals surface area contributed by atoms with Crippen LogP contribution in [0.1, 0.15) is 15.9 Å². The van der Waals surface area contributed by atoms with Gasteiger partial charge in [-0.2, -0.15) is 5.26 Å². The van der Waals surface area contributed by atoms with Gasteiger partial charge in [-0.3, -0.25) is 0 Å². The number of carboxylic acid groups (broad SMARTS) is 1. The molecule has 0 saturated carbocycles. The van der Waals surface area contributed by atoms with E-state index in [1.54, 1.807) is 0 Å². The highest BCUT2D eigenvalue weighted by Crippen LogP contribution is 2.16. The minimum Gasteiger partial charge on any atom is -0.478 e. The summed E-state index contributed by atoms with van der Waals surface area (Å²) in [6.07, 6.45) is 1.43. The summed E-state index contributed by atoms with van der Waals surface area (Å²) in [5, 5.41) is 17.5. The molecule has 0 spiro atoms. The first-order valence-corrected chi connectivity index (χ1v) is 3.83. The smallest absolute Gasteiger partial charge is 0.335 e. The van der Waals surface area contributed by atoms with Crippen molar-refractivity contribution in [2.24, 2.45) is 0 Å². The quantitative estimate of drug-likeness (QED) is 0.700. The van der Waals surface area contributed by atoms with Gasteiger partial charge in [-0.1, -0.05) is 0 Å². The number of nitrogens with zero attached hydrogens (tertiary/aromatic N) is 2. The highest BCUT2D eigenvalue weighted by molar-refractivity contribution is 5.94. The number of hydrogen-bond acceptors (Lipinski definition) is 3. The number of nitriles is 1. The van der Waals surface area contributed by atoms with Crippen molar-refractivity contribution < 1.29 is 9.90 Å². The Balaban J connectivity index is 2.82. The second-order valence-electron chi connectivity index (χ2n) is 2.74. The Morgan fingerprint density at radius 3 is 3.00 bits per heavy atom. The van der Waals surface area contributed by atoms with Gasteiger partial charge in [0.05, 0.1) is 23.0 Å². The predicted molar refractivity (Wildman–Crippen MR) is 47.8 cm³/mol. The van der Waals surface area contributed by atoms with Crippen molar-refractivity contribution in [3.63, 3.8) is 0 Å². The maximum Gasteiger partial charge on any atom is 0.335 e. The van der Waals surface area contributed by atoms with E-state index < -0.39 is 5.97 Å². The highest BCUT2D eigenvalue weighted by atomic mass is 16.4. The monoisotopic (exact) mass is 187 g/mol. The van der Waals surface area contributed by atoms with Gasteiger partial charge < -0.3 is 10.1 Å². The first kappa shape index (κ1) is 8.26. The Labute approximate surface area is 78.6 Å². The van der Waals surface area contributed by atoms with Crippen LogP contribution < -0.4 is 0 Å². The number of benzene rings is 1. The molecule has 1 aromatic carbocycles. The van der Waals surface area contributed by atoms with Gasteiger partial charge in [0.15, 0.2) is 0 Å². The molecule has 68 valence electrons. The van der Waals surface area contributed by atoms with Gasteiger partial charge in [0.25, 0.3) is 0 Å². The first-order valence-electron chi connectivity index (χ1n) is 3.83. The summed E-state index contributed by atoms with van der Waals surface area (Å²) in [7, 11) is 0. The van der Waals surface area contributed by atoms with E-state index in [2.05, 4.69) is 9.97 Å². The zero-order chi connectivity index (χ0) is 10.1. The number of aromatic amines is 1. The number of nitrogens with one attached hydrogen (secondary N) is 1. The van der Waals surface area contributed by atoms with E-state index in [9.17, 15) is 4.79 Å². The Hall–Kier alpha value is -2.35. The SMILES string of the molecule is N#Cc1cc(C(=O)O)cc2[nH]cnc12. The Kier molecular flexibility index (Phi) is 1.68. The number of imidazole rings is 1. The molecule has 0 unspecified atom stereocenters. The molecule has 2 N–H and O–H groups in total. The van der Waals surface area contributed by atoms with Crippen LogP contribution in [-0.2, 0) is 0 Å². The van der Waals surface area contributed by atoms with Gasteiger partial charge in [-0.05, 0) is 12.1 Å². The van der Waals surface area contributed by atoms with Crippen LogP contribution in [-0.4, -0.2) is 21.0 Å². The molecule has 2 aromatic rings. The molecule has 5 nitrogen and oxygen atoms in total. The highest BCUT2D eigenvalue weighted by Gasteiger charge is 2.09. The van der Waals surface area contributed by atoms with E-state index in [-0.39, 0.29) is 11.1 Å². The van der Waals surface area contributed by atoms with E-state index in [4.69, 9.17) is 10.4 Å². The summed E-state index contributed by atoms with van der Waals surface area (Å²) in [6, 6.07) is 4.67. The molecular formula is C9H5N3O2. The van der Waals surface area contributed by atoms with Crippen molar-refractivity contribution in [3.8, 4) is 6.07 Å². The number of carboxylic acids is 1. The Morgan fingerprint density at radius 1 is 1.57 bits per heavy atom. The third-order valence-corrected chi connectivity index (χ3v) is 1.89. The van der Waals surface area contributed by atoms with Gasteiger partial charge in [0.1, 0.15) is 11.6 Å². The van der Waals surface area contributed by atoms with Gasteiger partial charge in [-0.25, -0.2) is 9.78 Å². The van der Waals surface area contributed by atoms with Crippen LogP contribution in [0.5, 0.6) is 0 Å². The van der Waals surface area contributed by atoms with Crippen LogP contribution in [0.2, 0.25) is 0 Å². The fraction of sp³-hybridized carbons (Fsp3) is 0. The van der Waals surface area contributed by atoms with E-state index in [0.29, 0.717) is 11.0 Å². The van der Waals surface area contributed by atoms with Crippen molar-refractivity contribution >= 4 is 17.0 Å². The number of aromatic carboxylic acids is 1. The molecule has 14 heavy (non-hydrogen) atoms. The van der Waals surface area contributed by atoms with E-state index >= 15 is 0 Å². The molecule has 0 aliphatic rings. The van der Waals surface area contributed by atoms with Gasteiger partial charge in [0.2, 0.25) is 0 Å². The van der Waals surface area contributed by atoms with Crippen LogP contribution in [0.15, 0.2) is 18.5 Å². The fourth-order valence-electron chi connectivity index (χ4n) is 1.26. The lowest BCUT2D eigenvalue weighted by atomic mass is 10.1. The molecule has 0 aliphatic carbocycles. The summed E-state index contributed by atoms with van der Waals surface area (Å²) < 4.78 is 0. The number of carbonyl (C=O) groups is 1. The standard InChI is InChI=1S/C9H5N3O2/c10-3-6-1-5(9(13)14)2-7-8(6)12-4-11-7/h1-2,4H,(H,11,12)(H,13,14). The van der Waals surface area contributed by atoms with Crippen LogP contribution in [0.25, 0.3) is 11.0 Å². The summed E-state index contributed by atoms with van der Waals surface area (Å²) >= 11 is 0. The Bertz CT molecular complexity index is 551. The molecule has 0 bridgehead atoms. The summed E-state index contributed by atoms with van der Waals surface area (Å²) in [4.78, 5) is 17.4. The number of H-pyrrole nitrogens is 1. The van der Waals surface area contributed by atoms with Gasteiger partial charge >= 0.3 is 5.97 Å². The van der Waals surface area contributed by atoms with E-state index in [1.807, 2.05) is 6.07 Å². The van der Waals surface area contributed by atoms with E-state index in [1.165, 1.54) is 18.5 Å². The molecule has 0 radical (unpaired) electrons. The van der Waals surface area contributed by atoms with Gasteiger partial charge in [-0.15, -0.1) is 0 Å². The summed E-state index contributed by atoms with van der Waals surface area (Å²) in [5.41, 5.74) is 1.40. The number of aromatic nitrogens is 2. The zero-order valence-corrected chi connectivity index (χ0v) is 6.98. The van der Waals surface area contributed by atoms with Crippen LogP contribution in [0.3, 0.4) is 0 Å². The molecule has 5 heteroatoms. The Morgan fingerprint density at radius 2 is 2.36 bits per heavy atom. The normalized spacial score (nSPS) is 9.93. The minimum absolute atomic E-state index is 0.0818. The number of hydrogen-bond donors (Lipinski definition) is 2. The van der Waals surface area contributed by atoms with Gasteiger partial charge in [0, 0.05) is 0 Å². The minimum atomic E-state index is -1.06. The average molecular weight is 187 g/mol. The molecule has 0 aliphatic heterocycles. The maximum absolute atomic E-state index is 10.7. The first-order chi connectivity index (χ1) is 6.72. The molecule has 1 aromatic heterocycles. The maximum atomic E-state index is 10.7. The molecule has 0 atom stereocenters. The lowest BCUT2D eigenvalue weighted by Gasteiger charge is -1.96. The number of fused-ring (bicyclic) bond motifs is 1. The summed E-state index contributed by atoms with van der Waals surface area (Å²) in [5.74, 6) is -1.06. The second-order valence-corrected chi connectivity index (χ2v) is 2.74. The molecule has 1 heterocycles. The molecule has 0 amide bonds. The lowest BCUT2D eigenvalue weighted by Crippen LogP contribution is -1.97. The third-order valence-electron chi connectivity index (χ3n) is 1.89. The molecule has 0 saturated heterocycles. The predicted octanol–water partition coefficient (Wildman–Crippen LogP) is 1.13. The zero-order valence-electron chi connectivity index (χ0n) is 6.98. The molecular weight excluding hydrogens is 182 g/mol. The topological polar surface area (TPSA) is 89.8 Å². The van der Waals surface area contributed by atoms with Crippen LogP contribution in [0.4, 0.5) is 0 Å². The lowest BCUT2D eigenvalue weighted by molar-refractivity contribution is 0.0697. The van der Waals surface area contributed by atoms with Crippen molar-refractivity contribution in [2.45, 2.75) is 0 Å². The van der Waals surface area contributed by atoms with E-state index in [0.717, 1.165) is 0 Å². The van der Waals surface area contributed by atoms with Crippen molar-refractivity contribution in [2.75, 3.05) is 0 Å². The summed E-state index contributed by atoms with van der Waals surface area (Å²) in [6.45, 7) is 0. The molecule has 2 rings (SSSR count). The molecule has 0 fully saturated rings. The third kappa shape index (κ3) is 1.10. The van der Waals surface area contributed by atoms with Crippen LogP contribution >= 0.6 is 0 Å². The van der Waals surface area contributed by atoms with Crippen molar-refractivity contribution in [3.05, 3.63) is 29.6 Å². The van der Waals surface area contributed by atoms with Crippen LogP contribution in [0, 0.1) is 11.3 Å². The fourth-order valence-corrected chi connectivity index (χ4v) is 1.26.